The number of hydrogen-bond donors (Lipinski definition) is 3. The summed E-state index contributed by atoms with van der Waals surface area (Å²) in [4.78, 5) is 13.4. The van der Waals surface area contributed by atoms with Crippen molar-refractivity contribution in [3.8, 4) is 11.1 Å². The highest BCUT2D eigenvalue weighted by Gasteiger charge is 2.32. The van der Waals surface area contributed by atoms with Crippen molar-refractivity contribution < 1.29 is 19.4 Å². The van der Waals surface area contributed by atoms with Gasteiger partial charge < -0.3 is 25.6 Å². The Kier molecular flexibility index (Phi) is 6.88. The number of aliphatic hydroxyl groups excluding tert-OH is 1. The van der Waals surface area contributed by atoms with Crippen LogP contribution in [-0.4, -0.2) is 17.3 Å². The molecule has 0 radical (unpaired) electrons. The molecular weight excluding hydrogens is 488 g/mol. The van der Waals surface area contributed by atoms with Crippen LogP contribution in [0.3, 0.4) is 0 Å². The Morgan fingerprint density at radius 3 is 2.49 bits per heavy atom. The lowest BCUT2D eigenvalue weighted by atomic mass is 9.87. The van der Waals surface area contributed by atoms with Gasteiger partial charge >= 0.3 is 0 Å². The maximum atomic E-state index is 13.4. The molecule has 1 aliphatic carbocycles. The Bertz CT molecular complexity index is 1540. The summed E-state index contributed by atoms with van der Waals surface area (Å²) >= 11 is 0. The third-order valence-corrected chi connectivity index (χ3v) is 7.42. The van der Waals surface area contributed by atoms with Crippen LogP contribution < -0.4 is 11.1 Å². The second-order valence-electron chi connectivity index (χ2n) is 9.95. The van der Waals surface area contributed by atoms with Gasteiger partial charge in [-0.2, -0.15) is 0 Å². The zero-order chi connectivity index (χ0) is 26.8. The number of benzene rings is 4. The number of aliphatic hydroxyl groups is 1. The number of nitrogens with one attached hydrogen (secondary N) is 1. The zero-order valence-corrected chi connectivity index (χ0v) is 21.5. The molecule has 1 heterocycles. The average Bonchev–Trinajstić information content (AvgIpc) is 3.36. The molecule has 0 fully saturated rings. The first-order chi connectivity index (χ1) is 19.1. The number of amides is 1. The van der Waals surface area contributed by atoms with Gasteiger partial charge in [0, 0.05) is 12.3 Å². The zero-order valence-electron chi connectivity index (χ0n) is 21.5. The van der Waals surface area contributed by atoms with E-state index in [9.17, 15) is 9.90 Å². The fourth-order valence-electron chi connectivity index (χ4n) is 5.39. The smallest absolute Gasteiger partial charge is 0.290 e. The number of fused-ring (bicyclic) bond motifs is 3. The van der Waals surface area contributed by atoms with Gasteiger partial charge in [0.1, 0.15) is 0 Å². The average molecular weight is 519 g/mol. The van der Waals surface area contributed by atoms with E-state index in [4.69, 9.17) is 15.2 Å². The van der Waals surface area contributed by atoms with E-state index in [2.05, 4.69) is 47.8 Å². The van der Waals surface area contributed by atoms with Crippen molar-refractivity contribution in [2.24, 2.45) is 0 Å². The van der Waals surface area contributed by atoms with Crippen molar-refractivity contribution in [3.63, 3.8) is 0 Å². The van der Waals surface area contributed by atoms with Gasteiger partial charge in [-0.15, -0.1) is 0 Å². The molecule has 0 saturated heterocycles. The highest BCUT2D eigenvalue weighted by molar-refractivity contribution is 6.04. The number of rotatable bonds is 7. The monoisotopic (exact) mass is 518 g/mol. The summed E-state index contributed by atoms with van der Waals surface area (Å²) in [6.45, 7) is 0.316. The molecule has 2 aliphatic rings. The number of nitrogens with two attached hydrogens (primary N) is 1. The minimum Gasteiger partial charge on any atom is -0.459 e. The first-order valence-electron chi connectivity index (χ1n) is 13.1. The van der Waals surface area contributed by atoms with Crippen LogP contribution in [0.2, 0.25) is 0 Å². The fraction of sp³-hybridized carbons (Fsp3) is 0.182. The first-order valence-corrected chi connectivity index (χ1v) is 13.1. The lowest BCUT2D eigenvalue weighted by molar-refractivity contribution is -0.147. The Labute approximate surface area is 227 Å². The van der Waals surface area contributed by atoms with Crippen LogP contribution in [-0.2, 0) is 33.9 Å². The van der Waals surface area contributed by atoms with E-state index >= 15 is 0 Å². The molecule has 0 saturated carbocycles. The van der Waals surface area contributed by atoms with Gasteiger partial charge in [0.15, 0.2) is 5.76 Å². The Balaban J connectivity index is 1.29. The molecule has 196 valence electrons. The number of nitrogen functional groups attached to an aromatic ring is 1. The summed E-state index contributed by atoms with van der Waals surface area (Å²) < 4.78 is 12.3. The molecule has 0 unspecified atom stereocenters. The van der Waals surface area contributed by atoms with Gasteiger partial charge in [-0.1, -0.05) is 78.9 Å². The van der Waals surface area contributed by atoms with Gasteiger partial charge in [0.05, 0.1) is 24.6 Å². The van der Waals surface area contributed by atoms with E-state index in [0.29, 0.717) is 24.4 Å². The van der Waals surface area contributed by atoms with Gasteiger partial charge in [0.25, 0.3) is 5.91 Å². The molecule has 6 nitrogen and oxygen atoms in total. The van der Waals surface area contributed by atoms with Crippen molar-refractivity contribution in [1.82, 2.24) is 0 Å². The van der Waals surface area contributed by atoms with E-state index in [-0.39, 0.29) is 24.2 Å². The number of anilines is 2. The third kappa shape index (κ3) is 5.17. The molecule has 1 amide bonds. The van der Waals surface area contributed by atoms with Crippen LogP contribution >= 0.6 is 0 Å². The molecule has 39 heavy (non-hydrogen) atoms. The maximum absolute atomic E-state index is 13.4. The number of allylic oxidation sites excluding steroid dienone is 1. The quantitative estimate of drug-likeness (QED) is 0.233. The molecule has 6 heteroatoms. The van der Waals surface area contributed by atoms with E-state index in [1.54, 1.807) is 12.1 Å². The van der Waals surface area contributed by atoms with Gasteiger partial charge in [-0.3, -0.25) is 4.79 Å². The van der Waals surface area contributed by atoms with Gasteiger partial charge in [-0.25, -0.2) is 0 Å². The maximum Gasteiger partial charge on any atom is 0.290 e. The number of hydrogen-bond acceptors (Lipinski definition) is 5. The lowest BCUT2D eigenvalue weighted by Gasteiger charge is -2.30. The molecular formula is C33H30N2O4. The highest BCUT2D eigenvalue weighted by atomic mass is 16.7. The highest BCUT2D eigenvalue weighted by Crippen LogP contribution is 2.43. The predicted octanol–water partition coefficient (Wildman–Crippen LogP) is 5.90. The van der Waals surface area contributed by atoms with Crippen LogP contribution in [0.25, 0.3) is 11.1 Å². The largest absolute Gasteiger partial charge is 0.459 e. The van der Waals surface area contributed by atoms with Crippen molar-refractivity contribution in [3.05, 3.63) is 131 Å². The minimum absolute atomic E-state index is 0.00495. The van der Waals surface area contributed by atoms with Gasteiger partial charge in [-0.05, 0) is 63.6 Å². The summed E-state index contributed by atoms with van der Waals surface area (Å²) in [5, 5.41) is 12.2. The van der Waals surface area contributed by atoms with Crippen molar-refractivity contribution in [2.75, 3.05) is 11.1 Å². The molecule has 4 N–H and O–H groups in total. The van der Waals surface area contributed by atoms with Crippen molar-refractivity contribution >= 4 is 17.3 Å². The summed E-state index contributed by atoms with van der Waals surface area (Å²) in [6, 6.07) is 29.6. The number of para-hydroxylation sites is 2. The molecule has 2 atom stereocenters. The Morgan fingerprint density at radius 2 is 1.67 bits per heavy atom. The van der Waals surface area contributed by atoms with Gasteiger partial charge in [0.2, 0.25) is 6.29 Å². The number of ether oxygens (including phenoxy) is 2. The SMILES string of the molecule is Nc1ccccc1NC(=O)C1=C[C@H](c2cccc3c2Cc2ccccc2-3)C[C@H](OCc2ccc(CO)cc2)O1. The van der Waals surface area contributed by atoms with E-state index in [1.165, 1.54) is 27.8 Å². The lowest BCUT2D eigenvalue weighted by Crippen LogP contribution is -2.29. The number of carbonyl (C=O) groups excluding carboxylic acids is 1. The normalized spacial score (nSPS) is 17.5. The van der Waals surface area contributed by atoms with Crippen LogP contribution in [0.1, 0.15) is 40.2 Å². The molecule has 0 spiro atoms. The van der Waals surface area contributed by atoms with E-state index < -0.39 is 6.29 Å². The molecule has 0 bridgehead atoms. The van der Waals surface area contributed by atoms with E-state index in [0.717, 1.165) is 17.5 Å². The third-order valence-electron chi connectivity index (χ3n) is 7.42. The molecule has 6 rings (SSSR count). The molecule has 0 aromatic heterocycles. The Hall–Kier alpha value is -4.39. The predicted molar refractivity (Wildman–Crippen MR) is 152 cm³/mol. The second-order valence-corrected chi connectivity index (χ2v) is 9.95. The molecule has 4 aromatic rings. The van der Waals surface area contributed by atoms with Crippen LogP contribution in [0.4, 0.5) is 11.4 Å². The van der Waals surface area contributed by atoms with Crippen LogP contribution in [0, 0.1) is 0 Å². The second kappa shape index (κ2) is 10.8. The topological polar surface area (TPSA) is 93.8 Å². The van der Waals surface area contributed by atoms with E-state index in [1.807, 2.05) is 42.5 Å². The van der Waals surface area contributed by atoms with Crippen molar-refractivity contribution in [1.29, 1.82) is 0 Å². The number of carbonyl (C=O) groups is 1. The fourth-order valence-corrected chi connectivity index (χ4v) is 5.39. The first kappa shape index (κ1) is 24.9. The summed E-state index contributed by atoms with van der Waals surface area (Å²) in [7, 11) is 0. The minimum atomic E-state index is -0.619. The molecule has 1 aliphatic heterocycles. The van der Waals surface area contributed by atoms with Crippen molar-refractivity contribution in [2.45, 2.75) is 38.3 Å². The standard InChI is InChI=1S/C33H30N2O4/c34-29-10-3-4-11-30(29)35-33(37)31-17-24(18-32(39-31)38-20-22-14-12-21(19-36)13-15-22)26-8-5-9-27-25-7-2-1-6-23(25)16-28(26)27/h1-15,17,24,32,36H,16,18-20,34H2,(H,35,37)/t24-,32+/m0/s1. The van der Waals surface area contributed by atoms with Crippen LogP contribution in [0.5, 0.6) is 0 Å². The Morgan fingerprint density at radius 1 is 0.923 bits per heavy atom. The molecule has 4 aromatic carbocycles. The van der Waals surface area contributed by atoms with Crippen LogP contribution in [0.15, 0.2) is 103 Å². The summed E-state index contributed by atoms with van der Waals surface area (Å²) in [5.41, 5.74) is 15.2. The summed E-state index contributed by atoms with van der Waals surface area (Å²) in [6.07, 6.45) is 2.72. The summed E-state index contributed by atoms with van der Waals surface area (Å²) in [5.74, 6) is -0.226.